The largest absolute Gasteiger partial charge is 0.378 e. The number of carbonyl (C=O) groups excluding carboxylic acids is 1. The van der Waals surface area contributed by atoms with Gasteiger partial charge in [-0.25, -0.2) is 8.91 Å². The summed E-state index contributed by atoms with van der Waals surface area (Å²) in [5.41, 5.74) is 3.02. The molecule has 6 rings (SSSR count). The van der Waals surface area contributed by atoms with E-state index in [0.717, 1.165) is 16.5 Å². The highest BCUT2D eigenvalue weighted by Crippen LogP contribution is 2.43. The minimum atomic E-state index is -0.489. The second-order valence-electron chi connectivity index (χ2n) is 7.75. The maximum atomic E-state index is 15.4. The van der Waals surface area contributed by atoms with Crippen molar-refractivity contribution in [2.75, 3.05) is 36.5 Å². The highest BCUT2D eigenvalue weighted by Gasteiger charge is 2.26. The number of fused-ring (bicyclic) bond motifs is 2. The van der Waals surface area contributed by atoms with Crippen molar-refractivity contribution in [2.45, 2.75) is 19.3 Å². The lowest BCUT2D eigenvalue weighted by molar-refractivity contribution is -0.105. The molecule has 1 aliphatic heterocycles. The molecular formula is C22H22ClFN6O2. The molecule has 3 aromatic heterocycles. The van der Waals surface area contributed by atoms with Gasteiger partial charge in [0.1, 0.15) is 5.69 Å². The first-order valence-electron chi connectivity index (χ1n) is 10.5. The zero-order valence-electron chi connectivity index (χ0n) is 17.3. The Bertz CT molecular complexity index is 1280. The Morgan fingerprint density at radius 2 is 2.00 bits per heavy atom. The minimum absolute atomic E-state index is 0.0375. The van der Waals surface area contributed by atoms with Crippen molar-refractivity contribution >= 4 is 45.9 Å². The summed E-state index contributed by atoms with van der Waals surface area (Å²) in [5, 5.41) is 14.6. The number of benzene rings is 1. The van der Waals surface area contributed by atoms with Gasteiger partial charge in [0.25, 0.3) is 0 Å². The summed E-state index contributed by atoms with van der Waals surface area (Å²) in [4.78, 5) is 12.6. The van der Waals surface area contributed by atoms with Crippen molar-refractivity contribution in [1.29, 1.82) is 0 Å². The number of aromatic amines is 1. The van der Waals surface area contributed by atoms with Gasteiger partial charge in [-0.15, -0.1) is 0 Å². The molecule has 0 spiro atoms. The van der Waals surface area contributed by atoms with Gasteiger partial charge < -0.3 is 15.0 Å². The average molecular weight is 457 g/mol. The van der Waals surface area contributed by atoms with Crippen LogP contribution in [-0.4, -0.2) is 52.5 Å². The Morgan fingerprint density at radius 3 is 2.72 bits per heavy atom. The van der Waals surface area contributed by atoms with Crippen LogP contribution in [0.1, 0.15) is 19.3 Å². The standard InChI is InChI=1S/C19H16ClFN6O2.C3H6/c20-16-15(11-1-2-27-12(7-11)8-14(25-27)22-10-28)13-9-23-24-18(13)19(17(16)21)26-3-5-29-6-4-26;1-2-3-1/h1-2,7-10H,3-6H2,(H,23,24)(H,22,25,28);1-3H2. The number of H-pyrrole nitrogens is 1. The van der Waals surface area contributed by atoms with Crippen LogP contribution in [0.4, 0.5) is 15.9 Å². The third-order valence-electron chi connectivity index (χ3n) is 5.41. The molecule has 0 radical (unpaired) electrons. The molecule has 1 amide bonds. The zero-order valence-corrected chi connectivity index (χ0v) is 18.0. The molecule has 0 unspecified atom stereocenters. The van der Waals surface area contributed by atoms with Crippen LogP contribution in [0, 0.1) is 5.82 Å². The number of hydrogen-bond acceptors (Lipinski definition) is 5. The summed E-state index contributed by atoms with van der Waals surface area (Å²) in [7, 11) is 0. The van der Waals surface area contributed by atoms with Crippen molar-refractivity contribution in [3.8, 4) is 11.1 Å². The average Bonchev–Trinajstić information content (AvgIpc) is 3.53. The number of pyridine rings is 1. The van der Waals surface area contributed by atoms with E-state index < -0.39 is 5.82 Å². The molecule has 166 valence electrons. The lowest BCUT2D eigenvalue weighted by atomic mass is 10.0. The topological polar surface area (TPSA) is 87.5 Å². The molecule has 1 aromatic carbocycles. The number of aromatic nitrogens is 4. The van der Waals surface area contributed by atoms with Gasteiger partial charge in [-0.05, 0) is 17.7 Å². The van der Waals surface area contributed by atoms with Crippen LogP contribution in [0.3, 0.4) is 0 Å². The predicted octanol–water partition coefficient (Wildman–Crippen LogP) is 4.25. The molecule has 2 fully saturated rings. The van der Waals surface area contributed by atoms with E-state index in [9.17, 15) is 4.79 Å². The molecule has 2 N–H and O–H groups in total. The van der Waals surface area contributed by atoms with Crippen molar-refractivity contribution in [2.24, 2.45) is 0 Å². The molecule has 32 heavy (non-hydrogen) atoms. The van der Waals surface area contributed by atoms with Crippen LogP contribution >= 0.6 is 11.6 Å². The number of halogens is 2. The Hall–Kier alpha value is -3.17. The summed E-state index contributed by atoms with van der Waals surface area (Å²) in [6.07, 6.45) is 8.45. The summed E-state index contributed by atoms with van der Waals surface area (Å²) in [5.74, 6) is -0.0671. The van der Waals surface area contributed by atoms with Crippen molar-refractivity contribution in [1.82, 2.24) is 19.8 Å². The van der Waals surface area contributed by atoms with Gasteiger partial charge in [0, 0.05) is 36.3 Å². The Morgan fingerprint density at radius 1 is 1.22 bits per heavy atom. The van der Waals surface area contributed by atoms with E-state index in [-0.39, 0.29) is 5.02 Å². The van der Waals surface area contributed by atoms with Gasteiger partial charge >= 0.3 is 0 Å². The van der Waals surface area contributed by atoms with Gasteiger partial charge in [0.15, 0.2) is 11.6 Å². The fourth-order valence-electron chi connectivity index (χ4n) is 3.74. The van der Waals surface area contributed by atoms with Crippen molar-refractivity contribution in [3.05, 3.63) is 41.4 Å². The first-order chi connectivity index (χ1) is 15.7. The molecule has 4 heterocycles. The molecule has 0 bridgehead atoms. The summed E-state index contributed by atoms with van der Waals surface area (Å²) < 4.78 is 22.4. The molecule has 4 aromatic rings. The normalized spacial score (nSPS) is 15.5. The minimum Gasteiger partial charge on any atom is -0.378 e. The number of nitrogens with one attached hydrogen (secondary N) is 2. The number of carbonyl (C=O) groups is 1. The number of ether oxygens (including phenoxy) is 1. The van der Waals surface area contributed by atoms with E-state index in [0.29, 0.717) is 55.3 Å². The maximum Gasteiger partial charge on any atom is 0.212 e. The number of amides is 1. The van der Waals surface area contributed by atoms with E-state index in [1.807, 2.05) is 11.0 Å². The first kappa shape index (κ1) is 20.7. The Kier molecular flexibility index (Phi) is 5.67. The second kappa shape index (κ2) is 8.76. The molecule has 1 saturated heterocycles. The Labute approximate surface area is 188 Å². The fourth-order valence-corrected chi connectivity index (χ4v) is 4.05. The third-order valence-corrected chi connectivity index (χ3v) is 5.76. The van der Waals surface area contributed by atoms with Gasteiger partial charge in [0.05, 0.1) is 35.5 Å². The fraction of sp³-hybridized carbons (Fsp3) is 0.318. The first-order valence-corrected chi connectivity index (χ1v) is 10.9. The van der Waals surface area contributed by atoms with E-state index in [2.05, 4.69) is 20.6 Å². The van der Waals surface area contributed by atoms with Gasteiger partial charge in [-0.2, -0.15) is 10.2 Å². The molecule has 2 aliphatic rings. The van der Waals surface area contributed by atoms with Crippen LogP contribution in [0.2, 0.25) is 5.02 Å². The van der Waals surface area contributed by atoms with Gasteiger partial charge in [-0.1, -0.05) is 30.9 Å². The smallest absolute Gasteiger partial charge is 0.212 e. The van der Waals surface area contributed by atoms with Crippen LogP contribution in [0.15, 0.2) is 30.6 Å². The van der Waals surface area contributed by atoms with E-state index in [1.165, 1.54) is 19.3 Å². The molecular weight excluding hydrogens is 435 g/mol. The Balaban J connectivity index is 0.000000666. The molecule has 8 nitrogen and oxygen atoms in total. The van der Waals surface area contributed by atoms with E-state index >= 15 is 4.39 Å². The van der Waals surface area contributed by atoms with Crippen LogP contribution < -0.4 is 10.2 Å². The maximum absolute atomic E-state index is 15.4. The summed E-state index contributed by atoms with van der Waals surface area (Å²) in [6.45, 7) is 2.22. The quantitative estimate of drug-likeness (QED) is 0.448. The SMILES string of the molecule is C1CC1.O=CNc1cc2cc(-c3c(Cl)c(F)c(N4CCOCC4)c4[nH]ncc34)ccn2n1. The van der Waals surface area contributed by atoms with Gasteiger partial charge in [-0.3, -0.25) is 9.89 Å². The highest BCUT2D eigenvalue weighted by molar-refractivity contribution is 6.36. The highest BCUT2D eigenvalue weighted by atomic mass is 35.5. The lowest BCUT2D eigenvalue weighted by Gasteiger charge is -2.30. The number of anilines is 2. The predicted molar refractivity (Wildman–Crippen MR) is 122 cm³/mol. The second-order valence-corrected chi connectivity index (χ2v) is 8.12. The summed E-state index contributed by atoms with van der Waals surface area (Å²) in [6, 6.07) is 5.35. The van der Waals surface area contributed by atoms with E-state index in [4.69, 9.17) is 16.3 Å². The van der Waals surface area contributed by atoms with Gasteiger partial charge in [0.2, 0.25) is 6.41 Å². The van der Waals surface area contributed by atoms with E-state index in [1.54, 1.807) is 29.0 Å². The number of rotatable bonds is 4. The third kappa shape index (κ3) is 3.89. The van der Waals surface area contributed by atoms with Crippen LogP contribution in [0.25, 0.3) is 27.5 Å². The summed E-state index contributed by atoms with van der Waals surface area (Å²) >= 11 is 6.54. The zero-order chi connectivity index (χ0) is 22.1. The van der Waals surface area contributed by atoms with Crippen LogP contribution in [0.5, 0.6) is 0 Å². The molecule has 1 saturated carbocycles. The molecule has 1 aliphatic carbocycles. The number of morpholine rings is 1. The number of hydrogen-bond donors (Lipinski definition) is 2. The number of nitrogens with zero attached hydrogens (tertiary/aromatic N) is 4. The van der Waals surface area contributed by atoms with Crippen molar-refractivity contribution < 1.29 is 13.9 Å². The molecule has 0 atom stereocenters. The van der Waals surface area contributed by atoms with Crippen molar-refractivity contribution in [3.63, 3.8) is 0 Å². The monoisotopic (exact) mass is 456 g/mol. The van der Waals surface area contributed by atoms with Crippen LogP contribution in [-0.2, 0) is 9.53 Å². The molecule has 10 heteroatoms. The lowest BCUT2D eigenvalue weighted by Crippen LogP contribution is -2.37.